The summed E-state index contributed by atoms with van der Waals surface area (Å²) in [5, 5.41) is 3.34. The van der Waals surface area contributed by atoms with Gasteiger partial charge in [-0.2, -0.15) is 0 Å². The van der Waals surface area contributed by atoms with Gasteiger partial charge in [0.25, 0.3) is 0 Å². The monoisotopic (exact) mass is 312 g/mol. The van der Waals surface area contributed by atoms with Crippen LogP contribution in [-0.2, 0) is 10.0 Å². The van der Waals surface area contributed by atoms with E-state index in [4.69, 9.17) is 0 Å². The Labute approximate surface area is 129 Å². The SMILES string of the molecule is CC(C)CCCC(C)Nc1ccccc1S(=O)(=O)N(C)C. The molecule has 0 saturated heterocycles. The molecule has 1 aromatic rings. The van der Waals surface area contributed by atoms with Crippen LogP contribution in [0.25, 0.3) is 0 Å². The highest BCUT2D eigenvalue weighted by molar-refractivity contribution is 7.89. The largest absolute Gasteiger partial charge is 0.381 e. The average molecular weight is 312 g/mol. The van der Waals surface area contributed by atoms with E-state index in [1.165, 1.54) is 10.7 Å². The predicted octanol–water partition coefficient (Wildman–Crippen LogP) is 3.56. The maximum absolute atomic E-state index is 12.3. The van der Waals surface area contributed by atoms with Crippen LogP contribution in [0.1, 0.15) is 40.0 Å². The van der Waals surface area contributed by atoms with Crippen molar-refractivity contribution in [3.05, 3.63) is 24.3 Å². The Hall–Kier alpha value is -1.07. The Kier molecular flexibility index (Phi) is 6.68. The number of benzene rings is 1. The zero-order valence-electron chi connectivity index (χ0n) is 13.8. The predicted molar refractivity (Wildman–Crippen MR) is 89.1 cm³/mol. The van der Waals surface area contributed by atoms with E-state index >= 15 is 0 Å². The van der Waals surface area contributed by atoms with Gasteiger partial charge in [0.15, 0.2) is 0 Å². The summed E-state index contributed by atoms with van der Waals surface area (Å²) in [6, 6.07) is 7.35. The van der Waals surface area contributed by atoms with Crippen molar-refractivity contribution in [1.29, 1.82) is 0 Å². The molecule has 0 fully saturated rings. The molecule has 0 aromatic heterocycles. The fourth-order valence-electron chi connectivity index (χ4n) is 2.18. The molecular formula is C16H28N2O2S. The van der Waals surface area contributed by atoms with Crippen molar-refractivity contribution in [3.8, 4) is 0 Å². The third-order valence-corrected chi connectivity index (χ3v) is 5.34. The molecule has 1 N–H and O–H groups in total. The molecule has 4 nitrogen and oxygen atoms in total. The summed E-state index contributed by atoms with van der Waals surface area (Å²) in [6.45, 7) is 6.54. The van der Waals surface area contributed by atoms with Gasteiger partial charge in [-0.05, 0) is 31.4 Å². The molecule has 21 heavy (non-hydrogen) atoms. The maximum Gasteiger partial charge on any atom is 0.244 e. The van der Waals surface area contributed by atoms with Gasteiger partial charge >= 0.3 is 0 Å². The lowest BCUT2D eigenvalue weighted by atomic mass is 10.0. The van der Waals surface area contributed by atoms with Crippen molar-refractivity contribution in [2.45, 2.75) is 51.0 Å². The fraction of sp³-hybridized carbons (Fsp3) is 0.625. The Morgan fingerprint density at radius 2 is 1.71 bits per heavy atom. The topological polar surface area (TPSA) is 49.4 Å². The minimum Gasteiger partial charge on any atom is -0.381 e. The molecule has 1 unspecified atom stereocenters. The van der Waals surface area contributed by atoms with Gasteiger partial charge in [-0.1, -0.05) is 38.8 Å². The van der Waals surface area contributed by atoms with Crippen molar-refractivity contribution in [2.24, 2.45) is 5.92 Å². The van der Waals surface area contributed by atoms with E-state index in [1.807, 2.05) is 12.1 Å². The van der Waals surface area contributed by atoms with Crippen molar-refractivity contribution in [2.75, 3.05) is 19.4 Å². The van der Waals surface area contributed by atoms with Crippen LogP contribution < -0.4 is 5.32 Å². The molecule has 0 amide bonds. The third kappa shape index (κ3) is 5.32. The van der Waals surface area contributed by atoms with Gasteiger partial charge in [0.1, 0.15) is 4.90 Å². The highest BCUT2D eigenvalue weighted by Crippen LogP contribution is 2.24. The van der Waals surface area contributed by atoms with Crippen LogP contribution in [0.4, 0.5) is 5.69 Å². The average Bonchev–Trinajstić information content (AvgIpc) is 2.38. The summed E-state index contributed by atoms with van der Waals surface area (Å²) in [6.07, 6.45) is 3.38. The Bertz CT molecular complexity index is 539. The van der Waals surface area contributed by atoms with Crippen LogP contribution in [0.2, 0.25) is 0 Å². The lowest BCUT2D eigenvalue weighted by Gasteiger charge is -2.20. The maximum atomic E-state index is 12.3. The molecule has 0 spiro atoms. The molecule has 120 valence electrons. The Morgan fingerprint density at radius 3 is 2.29 bits per heavy atom. The molecule has 5 heteroatoms. The number of hydrogen-bond acceptors (Lipinski definition) is 3. The van der Waals surface area contributed by atoms with E-state index in [0.717, 1.165) is 12.8 Å². The van der Waals surface area contributed by atoms with E-state index in [9.17, 15) is 8.42 Å². The van der Waals surface area contributed by atoms with Gasteiger partial charge in [0.2, 0.25) is 10.0 Å². The van der Waals surface area contributed by atoms with E-state index in [0.29, 0.717) is 16.5 Å². The third-order valence-electron chi connectivity index (χ3n) is 3.47. The summed E-state index contributed by atoms with van der Waals surface area (Å²) in [7, 11) is -0.309. The van der Waals surface area contributed by atoms with Gasteiger partial charge < -0.3 is 5.32 Å². The second kappa shape index (κ2) is 7.80. The van der Waals surface area contributed by atoms with E-state index in [-0.39, 0.29) is 6.04 Å². The molecule has 0 heterocycles. The Balaban J connectivity index is 2.81. The first kappa shape index (κ1) is 18.0. The highest BCUT2D eigenvalue weighted by atomic mass is 32.2. The lowest BCUT2D eigenvalue weighted by Crippen LogP contribution is -2.24. The number of anilines is 1. The molecule has 1 atom stereocenters. The first-order chi connectivity index (χ1) is 9.75. The normalized spacial score (nSPS) is 13.7. The highest BCUT2D eigenvalue weighted by Gasteiger charge is 2.21. The van der Waals surface area contributed by atoms with Crippen molar-refractivity contribution in [3.63, 3.8) is 0 Å². The molecule has 1 rings (SSSR count). The summed E-state index contributed by atoms with van der Waals surface area (Å²) in [4.78, 5) is 0.339. The standard InChI is InChI=1S/C16H28N2O2S/c1-13(2)9-8-10-14(3)17-15-11-6-7-12-16(15)21(19,20)18(4)5/h6-7,11-14,17H,8-10H2,1-5H3. The molecular weight excluding hydrogens is 284 g/mol. The van der Waals surface area contributed by atoms with Crippen molar-refractivity contribution < 1.29 is 8.42 Å². The quantitative estimate of drug-likeness (QED) is 0.798. The summed E-state index contributed by atoms with van der Waals surface area (Å²) in [5.74, 6) is 0.707. The molecule has 0 radical (unpaired) electrons. The zero-order valence-corrected chi connectivity index (χ0v) is 14.6. The number of rotatable bonds is 8. The molecule has 0 aliphatic carbocycles. The number of nitrogens with zero attached hydrogens (tertiary/aromatic N) is 1. The van der Waals surface area contributed by atoms with E-state index < -0.39 is 10.0 Å². The smallest absolute Gasteiger partial charge is 0.244 e. The molecule has 0 aliphatic rings. The second-order valence-corrected chi connectivity index (χ2v) is 8.27. The van der Waals surface area contributed by atoms with Gasteiger partial charge in [-0.15, -0.1) is 0 Å². The first-order valence-electron chi connectivity index (χ1n) is 7.53. The first-order valence-corrected chi connectivity index (χ1v) is 8.97. The minimum absolute atomic E-state index is 0.252. The second-order valence-electron chi connectivity index (χ2n) is 6.15. The number of nitrogens with one attached hydrogen (secondary N) is 1. The summed E-state index contributed by atoms with van der Waals surface area (Å²) >= 11 is 0. The molecule has 1 aromatic carbocycles. The summed E-state index contributed by atoms with van der Waals surface area (Å²) < 4.78 is 25.9. The molecule has 0 saturated carbocycles. The van der Waals surface area contributed by atoms with Crippen LogP contribution in [0.3, 0.4) is 0 Å². The van der Waals surface area contributed by atoms with Gasteiger partial charge in [0.05, 0.1) is 5.69 Å². The van der Waals surface area contributed by atoms with Crippen LogP contribution in [0.5, 0.6) is 0 Å². The number of hydrogen-bond donors (Lipinski definition) is 1. The van der Waals surface area contributed by atoms with Crippen LogP contribution >= 0.6 is 0 Å². The fourth-order valence-corrected chi connectivity index (χ4v) is 3.23. The molecule has 0 aliphatic heterocycles. The number of para-hydroxylation sites is 1. The van der Waals surface area contributed by atoms with Crippen molar-refractivity contribution in [1.82, 2.24) is 4.31 Å². The van der Waals surface area contributed by atoms with E-state index in [1.54, 1.807) is 26.2 Å². The van der Waals surface area contributed by atoms with Crippen LogP contribution in [-0.4, -0.2) is 32.9 Å². The van der Waals surface area contributed by atoms with Crippen molar-refractivity contribution >= 4 is 15.7 Å². The number of sulfonamides is 1. The van der Waals surface area contributed by atoms with Gasteiger partial charge in [-0.25, -0.2) is 12.7 Å². The van der Waals surface area contributed by atoms with Gasteiger partial charge in [0, 0.05) is 20.1 Å². The molecule has 0 bridgehead atoms. The van der Waals surface area contributed by atoms with Crippen LogP contribution in [0, 0.1) is 5.92 Å². The van der Waals surface area contributed by atoms with Gasteiger partial charge in [-0.3, -0.25) is 0 Å². The zero-order chi connectivity index (χ0) is 16.0. The Morgan fingerprint density at radius 1 is 1.10 bits per heavy atom. The minimum atomic E-state index is -3.42. The lowest BCUT2D eigenvalue weighted by molar-refractivity contribution is 0.517. The van der Waals surface area contributed by atoms with Crippen LogP contribution in [0.15, 0.2) is 29.2 Å². The summed E-state index contributed by atoms with van der Waals surface area (Å²) in [5.41, 5.74) is 0.684. The van der Waals surface area contributed by atoms with E-state index in [2.05, 4.69) is 26.1 Å².